The third kappa shape index (κ3) is 1.45. The summed E-state index contributed by atoms with van der Waals surface area (Å²) in [7, 11) is 1.68. The Bertz CT molecular complexity index is 310. The van der Waals surface area contributed by atoms with Crippen LogP contribution < -0.4 is 16.8 Å². The molecular weight excluding hydrogens is 156 g/mol. The molecule has 0 atom stereocenters. The van der Waals surface area contributed by atoms with E-state index in [1.807, 2.05) is 0 Å². The molecule has 64 valence electrons. The molecule has 1 amide bonds. The quantitative estimate of drug-likeness (QED) is 0.567. The van der Waals surface area contributed by atoms with Gasteiger partial charge < -0.3 is 16.8 Å². The first-order valence-electron chi connectivity index (χ1n) is 3.38. The highest BCUT2D eigenvalue weighted by Gasteiger charge is 2.07. The minimum absolute atomic E-state index is 0.280. The molecule has 1 rings (SSSR count). The summed E-state index contributed by atoms with van der Waals surface area (Å²) in [6.45, 7) is 0. The van der Waals surface area contributed by atoms with Gasteiger partial charge in [-0.3, -0.25) is 4.79 Å². The van der Waals surface area contributed by atoms with E-state index in [4.69, 9.17) is 11.5 Å². The summed E-state index contributed by atoms with van der Waals surface area (Å²) in [6, 6.07) is 1.44. The lowest BCUT2D eigenvalue weighted by Crippen LogP contribution is -2.14. The zero-order chi connectivity index (χ0) is 9.14. The van der Waals surface area contributed by atoms with Gasteiger partial charge in [-0.1, -0.05) is 0 Å². The lowest BCUT2D eigenvalue weighted by atomic mass is 10.2. The number of hydrogen-bond donors (Lipinski definition) is 3. The van der Waals surface area contributed by atoms with Gasteiger partial charge in [-0.05, 0) is 6.07 Å². The maximum atomic E-state index is 10.8. The smallest absolute Gasteiger partial charge is 0.250 e. The first-order valence-corrected chi connectivity index (χ1v) is 3.38. The molecule has 1 aromatic rings. The van der Waals surface area contributed by atoms with Crippen LogP contribution in [0.2, 0.25) is 0 Å². The van der Waals surface area contributed by atoms with Gasteiger partial charge in [-0.15, -0.1) is 0 Å². The monoisotopic (exact) mass is 166 g/mol. The van der Waals surface area contributed by atoms with Crippen LogP contribution in [-0.2, 0) is 0 Å². The van der Waals surface area contributed by atoms with Crippen molar-refractivity contribution in [1.29, 1.82) is 0 Å². The molecule has 1 aromatic heterocycles. The summed E-state index contributed by atoms with van der Waals surface area (Å²) in [5, 5.41) is 2.79. The molecule has 0 fully saturated rings. The fraction of sp³-hybridized carbons (Fsp3) is 0.143. The average molecular weight is 166 g/mol. The number of pyridine rings is 1. The number of nitrogens with zero attached hydrogens (tertiary/aromatic N) is 1. The average Bonchev–Trinajstić information content (AvgIpc) is 2.04. The van der Waals surface area contributed by atoms with Crippen molar-refractivity contribution in [1.82, 2.24) is 4.98 Å². The number of rotatable bonds is 2. The standard InChI is InChI=1S/C7H10N4O/c1-10-5-3-11-6(8)2-4(5)7(9)12/h2-3,10H,1H3,(H2,8,11)(H2,9,12). The molecule has 0 unspecified atom stereocenters. The van der Waals surface area contributed by atoms with Gasteiger partial charge in [0.1, 0.15) is 5.82 Å². The Morgan fingerprint density at radius 1 is 1.67 bits per heavy atom. The number of anilines is 2. The molecule has 0 aromatic carbocycles. The van der Waals surface area contributed by atoms with E-state index in [1.165, 1.54) is 12.3 Å². The van der Waals surface area contributed by atoms with Crippen molar-refractivity contribution in [3.8, 4) is 0 Å². The summed E-state index contributed by atoms with van der Waals surface area (Å²) < 4.78 is 0. The first kappa shape index (κ1) is 8.32. The third-order valence-electron chi connectivity index (χ3n) is 1.46. The molecule has 0 aliphatic heterocycles. The van der Waals surface area contributed by atoms with Gasteiger partial charge >= 0.3 is 0 Å². The Kier molecular flexibility index (Phi) is 2.14. The number of carbonyl (C=O) groups excluding carboxylic acids is 1. The van der Waals surface area contributed by atoms with Crippen LogP contribution in [0.3, 0.4) is 0 Å². The van der Waals surface area contributed by atoms with Crippen LogP contribution in [-0.4, -0.2) is 17.9 Å². The second-order valence-corrected chi connectivity index (χ2v) is 2.27. The largest absolute Gasteiger partial charge is 0.386 e. The van der Waals surface area contributed by atoms with Gasteiger partial charge in [0, 0.05) is 7.05 Å². The lowest BCUT2D eigenvalue weighted by molar-refractivity contribution is 0.100. The highest BCUT2D eigenvalue weighted by Crippen LogP contribution is 2.14. The number of hydrogen-bond acceptors (Lipinski definition) is 4. The molecule has 0 radical (unpaired) electrons. The van der Waals surface area contributed by atoms with Gasteiger partial charge in [-0.2, -0.15) is 0 Å². The third-order valence-corrected chi connectivity index (χ3v) is 1.46. The van der Waals surface area contributed by atoms with Crippen LogP contribution in [0.25, 0.3) is 0 Å². The number of primary amides is 1. The predicted molar refractivity (Wildman–Crippen MR) is 46.7 cm³/mol. The van der Waals surface area contributed by atoms with Crippen molar-refractivity contribution in [2.75, 3.05) is 18.1 Å². The molecule has 0 bridgehead atoms. The summed E-state index contributed by atoms with van der Waals surface area (Å²) in [5.74, 6) is -0.240. The van der Waals surface area contributed by atoms with E-state index >= 15 is 0 Å². The van der Waals surface area contributed by atoms with Crippen LogP contribution >= 0.6 is 0 Å². The molecule has 12 heavy (non-hydrogen) atoms. The Labute approximate surface area is 69.8 Å². The normalized spacial score (nSPS) is 9.42. The van der Waals surface area contributed by atoms with E-state index < -0.39 is 5.91 Å². The zero-order valence-electron chi connectivity index (χ0n) is 6.66. The SMILES string of the molecule is CNc1cnc(N)cc1C(N)=O. The number of carbonyl (C=O) groups is 1. The molecule has 0 spiro atoms. The summed E-state index contributed by atoms with van der Waals surface area (Å²) in [6.07, 6.45) is 1.47. The molecule has 0 saturated heterocycles. The Hall–Kier alpha value is -1.78. The van der Waals surface area contributed by atoms with E-state index in [-0.39, 0.29) is 5.82 Å². The molecule has 0 aliphatic rings. The van der Waals surface area contributed by atoms with Gasteiger partial charge in [0.2, 0.25) is 0 Å². The summed E-state index contributed by atoms with van der Waals surface area (Å²) >= 11 is 0. The van der Waals surface area contributed by atoms with Crippen LogP contribution in [0.4, 0.5) is 11.5 Å². The van der Waals surface area contributed by atoms with Crippen LogP contribution in [0.1, 0.15) is 10.4 Å². The van der Waals surface area contributed by atoms with Gasteiger partial charge in [0.15, 0.2) is 0 Å². The number of amides is 1. The Morgan fingerprint density at radius 2 is 2.33 bits per heavy atom. The maximum Gasteiger partial charge on any atom is 0.250 e. The van der Waals surface area contributed by atoms with Crippen molar-refractivity contribution in [2.45, 2.75) is 0 Å². The van der Waals surface area contributed by atoms with E-state index in [0.717, 1.165) is 0 Å². The van der Waals surface area contributed by atoms with Gasteiger partial charge in [0.05, 0.1) is 17.4 Å². The van der Waals surface area contributed by atoms with Crippen molar-refractivity contribution >= 4 is 17.4 Å². The number of nitrogen functional groups attached to an aromatic ring is 1. The minimum atomic E-state index is -0.520. The second-order valence-electron chi connectivity index (χ2n) is 2.27. The Balaban J connectivity index is 3.21. The number of nitrogens with two attached hydrogens (primary N) is 2. The molecule has 5 N–H and O–H groups in total. The van der Waals surface area contributed by atoms with E-state index in [9.17, 15) is 4.79 Å². The lowest BCUT2D eigenvalue weighted by Gasteiger charge is -2.04. The van der Waals surface area contributed by atoms with Gasteiger partial charge in [-0.25, -0.2) is 4.98 Å². The van der Waals surface area contributed by atoms with E-state index in [1.54, 1.807) is 7.05 Å². The summed E-state index contributed by atoms with van der Waals surface area (Å²) in [4.78, 5) is 14.6. The van der Waals surface area contributed by atoms with Crippen LogP contribution in [0.5, 0.6) is 0 Å². The molecule has 5 nitrogen and oxygen atoms in total. The predicted octanol–water partition coefficient (Wildman–Crippen LogP) is -0.196. The van der Waals surface area contributed by atoms with Crippen LogP contribution in [0, 0.1) is 0 Å². The number of nitrogens with one attached hydrogen (secondary N) is 1. The van der Waals surface area contributed by atoms with Gasteiger partial charge in [0.25, 0.3) is 5.91 Å². The molecule has 0 saturated carbocycles. The number of aromatic nitrogens is 1. The van der Waals surface area contributed by atoms with Crippen molar-refractivity contribution < 1.29 is 4.79 Å². The second kappa shape index (κ2) is 3.08. The molecular formula is C7H10N4O. The fourth-order valence-electron chi connectivity index (χ4n) is 0.875. The van der Waals surface area contributed by atoms with Crippen molar-refractivity contribution in [3.05, 3.63) is 17.8 Å². The summed E-state index contributed by atoms with van der Waals surface area (Å²) in [5.41, 5.74) is 11.4. The first-order chi connectivity index (χ1) is 5.65. The van der Waals surface area contributed by atoms with E-state index in [2.05, 4.69) is 10.3 Å². The Morgan fingerprint density at radius 3 is 2.83 bits per heavy atom. The van der Waals surface area contributed by atoms with Crippen molar-refractivity contribution in [2.24, 2.45) is 5.73 Å². The fourth-order valence-corrected chi connectivity index (χ4v) is 0.875. The molecule has 1 heterocycles. The topological polar surface area (TPSA) is 94.0 Å². The molecule has 5 heteroatoms. The van der Waals surface area contributed by atoms with Crippen LogP contribution in [0.15, 0.2) is 12.3 Å². The maximum absolute atomic E-state index is 10.8. The molecule has 0 aliphatic carbocycles. The van der Waals surface area contributed by atoms with Crippen molar-refractivity contribution in [3.63, 3.8) is 0 Å². The highest BCUT2D eigenvalue weighted by atomic mass is 16.1. The highest BCUT2D eigenvalue weighted by molar-refractivity contribution is 5.98. The van der Waals surface area contributed by atoms with E-state index in [0.29, 0.717) is 11.3 Å². The zero-order valence-corrected chi connectivity index (χ0v) is 6.66. The minimum Gasteiger partial charge on any atom is -0.386 e.